The Morgan fingerprint density at radius 1 is 1.37 bits per heavy atom. The highest BCUT2D eigenvalue weighted by atomic mass is 32.1. The molecule has 7 heteroatoms. The van der Waals surface area contributed by atoms with Crippen LogP contribution in [0.2, 0.25) is 0 Å². The highest BCUT2D eigenvalue weighted by molar-refractivity contribution is 7.10. The van der Waals surface area contributed by atoms with Crippen molar-refractivity contribution in [2.45, 2.75) is 39.3 Å². The molecular weight excluding hydrogens is 360 g/mol. The van der Waals surface area contributed by atoms with Crippen molar-refractivity contribution in [1.82, 2.24) is 15.0 Å². The molecule has 1 aromatic carbocycles. The number of nitrogens with zero attached hydrogens (tertiary/aromatic N) is 3. The minimum atomic E-state index is -0.135. The van der Waals surface area contributed by atoms with Crippen LogP contribution >= 0.6 is 11.3 Å². The average molecular weight is 382 g/mol. The van der Waals surface area contributed by atoms with E-state index in [9.17, 15) is 4.79 Å². The molecule has 1 saturated heterocycles. The standard InChI is InChI=1S/C20H22N4O2S/c1-13-8-10-27-18(13)12-21-16-6-3-5-15(11-16)20(25)24-9-4-7-17(24)19-22-14(2)23-26-19/h3,5-6,8,10-11,17,21H,4,7,9,12H2,1-2H3/t17-/m0/s1. The van der Waals surface area contributed by atoms with E-state index in [2.05, 4.69) is 33.8 Å². The quantitative estimate of drug-likeness (QED) is 0.711. The van der Waals surface area contributed by atoms with Crippen LogP contribution in [-0.2, 0) is 6.54 Å². The zero-order chi connectivity index (χ0) is 18.8. The van der Waals surface area contributed by atoms with E-state index >= 15 is 0 Å². The summed E-state index contributed by atoms with van der Waals surface area (Å²) < 4.78 is 5.31. The van der Waals surface area contributed by atoms with Gasteiger partial charge in [0.25, 0.3) is 5.91 Å². The number of hydrogen-bond acceptors (Lipinski definition) is 6. The van der Waals surface area contributed by atoms with Crippen LogP contribution in [0.15, 0.2) is 40.2 Å². The summed E-state index contributed by atoms with van der Waals surface area (Å²) in [7, 11) is 0. The van der Waals surface area contributed by atoms with E-state index < -0.39 is 0 Å². The SMILES string of the molecule is Cc1noc([C@@H]2CCCN2C(=O)c2cccc(NCc3sccc3C)c2)n1. The number of aryl methyl sites for hydroxylation is 2. The molecule has 1 fully saturated rings. The molecule has 6 nitrogen and oxygen atoms in total. The predicted octanol–water partition coefficient (Wildman–Crippen LogP) is 4.34. The van der Waals surface area contributed by atoms with Crippen molar-refractivity contribution < 1.29 is 9.32 Å². The Balaban J connectivity index is 1.49. The molecule has 0 saturated carbocycles. The second-order valence-electron chi connectivity index (χ2n) is 6.80. The van der Waals surface area contributed by atoms with Crippen molar-refractivity contribution in [3.05, 3.63) is 63.4 Å². The van der Waals surface area contributed by atoms with Gasteiger partial charge in [-0.15, -0.1) is 11.3 Å². The van der Waals surface area contributed by atoms with Crippen molar-refractivity contribution in [3.8, 4) is 0 Å². The van der Waals surface area contributed by atoms with Gasteiger partial charge in [-0.1, -0.05) is 11.2 Å². The first-order valence-electron chi connectivity index (χ1n) is 9.10. The second-order valence-corrected chi connectivity index (χ2v) is 7.80. The van der Waals surface area contributed by atoms with E-state index in [1.54, 1.807) is 18.3 Å². The normalized spacial score (nSPS) is 16.7. The number of nitrogens with one attached hydrogen (secondary N) is 1. The zero-order valence-corrected chi connectivity index (χ0v) is 16.3. The van der Waals surface area contributed by atoms with Crippen LogP contribution < -0.4 is 5.32 Å². The largest absolute Gasteiger partial charge is 0.380 e. The van der Waals surface area contributed by atoms with Crippen molar-refractivity contribution >= 4 is 22.9 Å². The fourth-order valence-electron chi connectivity index (χ4n) is 3.41. The third kappa shape index (κ3) is 3.73. The third-order valence-electron chi connectivity index (χ3n) is 4.87. The van der Waals surface area contributed by atoms with Gasteiger partial charge in [0.2, 0.25) is 5.89 Å². The molecule has 2 aromatic heterocycles. The maximum atomic E-state index is 13.1. The maximum Gasteiger partial charge on any atom is 0.254 e. The molecule has 140 valence electrons. The average Bonchev–Trinajstić information content (AvgIpc) is 3.40. The molecule has 0 bridgehead atoms. The number of benzene rings is 1. The summed E-state index contributed by atoms with van der Waals surface area (Å²) in [6.07, 6.45) is 1.79. The number of rotatable bonds is 5. The molecule has 1 aliphatic heterocycles. The first kappa shape index (κ1) is 17.7. The van der Waals surface area contributed by atoms with Crippen molar-refractivity contribution in [2.24, 2.45) is 0 Å². The second kappa shape index (κ2) is 7.52. The summed E-state index contributed by atoms with van der Waals surface area (Å²) in [5.74, 6) is 1.13. The number of likely N-dealkylation sites (tertiary alicyclic amines) is 1. The molecule has 0 radical (unpaired) electrons. The number of carbonyl (C=O) groups excluding carboxylic acids is 1. The Morgan fingerprint density at radius 3 is 3.00 bits per heavy atom. The van der Waals surface area contributed by atoms with Gasteiger partial charge in [-0.05, 0) is 61.9 Å². The van der Waals surface area contributed by atoms with E-state index in [0.29, 0.717) is 23.8 Å². The highest BCUT2D eigenvalue weighted by Gasteiger charge is 2.34. The molecule has 0 spiro atoms. The lowest BCUT2D eigenvalue weighted by molar-refractivity contribution is 0.0710. The molecule has 4 rings (SSSR count). The van der Waals surface area contributed by atoms with Gasteiger partial charge in [0.1, 0.15) is 6.04 Å². The van der Waals surface area contributed by atoms with Crippen LogP contribution in [0, 0.1) is 13.8 Å². The Bertz CT molecular complexity index is 949. The molecule has 27 heavy (non-hydrogen) atoms. The molecule has 1 N–H and O–H groups in total. The van der Waals surface area contributed by atoms with Crippen molar-refractivity contribution in [2.75, 3.05) is 11.9 Å². The van der Waals surface area contributed by atoms with Gasteiger partial charge in [0.05, 0.1) is 0 Å². The Hall–Kier alpha value is -2.67. The molecular formula is C20H22N4O2S. The Labute approximate surface area is 162 Å². The number of aromatic nitrogens is 2. The van der Waals surface area contributed by atoms with Crippen LogP contribution in [0.25, 0.3) is 0 Å². The lowest BCUT2D eigenvalue weighted by Gasteiger charge is -2.22. The van der Waals surface area contributed by atoms with Crippen molar-refractivity contribution in [3.63, 3.8) is 0 Å². The van der Waals surface area contributed by atoms with Crippen LogP contribution in [0.5, 0.6) is 0 Å². The van der Waals surface area contributed by atoms with E-state index in [1.807, 2.05) is 29.2 Å². The van der Waals surface area contributed by atoms with Gasteiger partial charge in [0.15, 0.2) is 5.82 Å². The molecule has 1 amide bonds. The molecule has 1 aliphatic rings. The van der Waals surface area contributed by atoms with Gasteiger partial charge in [-0.25, -0.2) is 0 Å². The summed E-state index contributed by atoms with van der Waals surface area (Å²) in [6.45, 7) is 5.37. The minimum Gasteiger partial charge on any atom is -0.380 e. The van der Waals surface area contributed by atoms with Gasteiger partial charge < -0.3 is 14.7 Å². The monoisotopic (exact) mass is 382 g/mol. The number of thiophene rings is 1. The van der Waals surface area contributed by atoms with E-state index in [0.717, 1.165) is 25.1 Å². The summed E-state index contributed by atoms with van der Waals surface area (Å²) >= 11 is 1.74. The summed E-state index contributed by atoms with van der Waals surface area (Å²) in [6, 6.07) is 9.66. The fraction of sp³-hybridized carbons (Fsp3) is 0.350. The summed E-state index contributed by atoms with van der Waals surface area (Å²) in [5, 5.41) is 9.38. The van der Waals surface area contributed by atoms with Gasteiger partial charge in [0, 0.05) is 29.2 Å². The lowest BCUT2D eigenvalue weighted by atomic mass is 10.1. The van der Waals surface area contributed by atoms with E-state index in [-0.39, 0.29) is 11.9 Å². The minimum absolute atomic E-state index is 0.00399. The molecule has 3 aromatic rings. The topological polar surface area (TPSA) is 71.3 Å². The Kier molecular flexibility index (Phi) is 4.94. The molecule has 0 aliphatic carbocycles. The first-order valence-corrected chi connectivity index (χ1v) is 9.98. The number of carbonyl (C=O) groups is 1. The number of anilines is 1. The summed E-state index contributed by atoms with van der Waals surface area (Å²) in [5.41, 5.74) is 2.90. The first-order chi connectivity index (χ1) is 13.1. The fourth-order valence-corrected chi connectivity index (χ4v) is 4.26. The third-order valence-corrected chi connectivity index (χ3v) is 5.90. The maximum absolute atomic E-state index is 13.1. The molecule has 0 unspecified atom stereocenters. The van der Waals surface area contributed by atoms with Crippen LogP contribution in [0.1, 0.15) is 51.4 Å². The van der Waals surface area contributed by atoms with Gasteiger partial charge >= 0.3 is 0 Å². The van der Waals surface area contributed by atoms with Crippen molar-refractivity contribution in [1.29, 1.82) is 0 Å². The summed E-state index contributed by atoms with van der Waals surface area (Å²) in [4.78, 5) is 20.6. The van der Waals surface area contributed by atoms with E-state index in [1.165, 1.54) is 10.4 Å². The van der Waals surface area contributed by atoms with Gasteiger partial charge in [-0.3, -0.25) is 4.79 Å². The predicted molar refractivity (Wildman–Crippen MR) is 105 cm³/mol. The van der Waals surface area contributed by atoms with Gasteiger partial charge in [-0.2, -0.15) is 4.98 Å². The smallest absolute Gasteiger partial charge is 0.254 e. The lowest BCUT2D eigenvalue weighted by Crippen LogP contribution is -2.30. The molecule has 1 atom stereocenters. The zero-order valence-electron chi connectivity index (χ0n) is 15.4. The molecule has 3 heterocycles. The Morgan fingerprint density at radius 2 is 2.26 bits per heavy atom. The number of hydrogen-bond donors (Lipinski definition) is 1. The van der Waals surface area contributed by atoms with Crippen LogP contribution in [-0.4, -0.2) is 27.5 Å². The van der Waals surface area contributed by atoms with E-state index in [4.69, 9.17) is 4.52 Å². The van der Waals surface area contributed by atoms with Crippen LogP contribution in [0.3, 0.4) is 0 Å². The number of amides is 1. The highest BCUT2D eigenvalue weighted by Crippen LogP contribution is 2.32. The van der Waals surface area contributed by atoms with Crippen LogP contribution in [0.4, 0.5) is 5.69 Å².